The fraction of sp³-hybridized carbons (Fsp3) is 0.484. The minimum absolute atomic E-state index is 0.187. The van der Waals surface area contributed by atoms with Crippen molar-refractivity contribution in [3.05, 3.63) is 48.0 Å². The van der Waals surface area contributed by atoms with Gasteiger partial charge in [-0.05, 0) is 94.8 Å². The van der Waals surface area contributed by atoms with E-state index in [-0.39, 0.29) is 6.10 Å². The molecule has 0 unspecified atom stereocenters. The fourth-order valence-electron chi connectivity index (χ4n) is 5.45. The van der Waals surface area contributed by atoms with Crippen LogP contribution in [0.3, 0.4) is 0 Å². The molecule has 0 spiro atoms. The number of piperidine rings is 1. The van der Waals surface area contributed by atoms with Crippen LogP contribution in [0.2, 0.25) is 0 Å². The van der Waals surface area contributed by atoms with Crippen molar-refractivity contribution >= 4 is 22.7 Å². The van der Waals surface area contributed by atoms with Gasteiger partial charge in [-0.3, -0.25) is 10.2 Å². The number of likely N-dealkylation sites (tertiary alicyclic amines) is 1. The van der Waals surface area contributed by atoms with Gasteiger partial charge in [-0.25, -0.2) is 4.79 Å². The van der Waals surface area contributed by atoms with E-state index in [0.717, 1.165) is 66.3 Å². The third-order valence-electron chi connectivity index (χ3n) is 7.83. The molecule has 2 heterocycles. The first-order chi connectivity index (χ1) is 18.4. The number of ether oxygens (including phenoxy) is 2. The van der Waals surface area contributed by atoms with E-state index in [1.165, 1.54) is 19.3 Å². The minimum Gasteiger partial charge on any atom is -0.492 e. The number of hydrogen-bond acceptors (Lipinski definition) is 5. The Morgan fingerprint density at radius 1 is 1.11 bits per heavy atom. The Kier molecular flexibility index (Phi) is 7.90. The van der Waals surface area contributed by atoms with E-state index in [9.17, 15) is 10.1 Å². The molecule has 0 atom stereocenters. The first-order valence-electron chi connectivity index (χ1n) is 13.9. The van der Waals surface area contributed by atoms with Crippen LogP contribution in [0.25, 0.3) is 22.2 Å². The van der Waals surface area contributed by atoms with Crippen LogP contribution in [0.1, 0.15) is 64.5 Å². The van der Waals surface area contributed by atoms with Crippen LogP contribution in [-0.4, -0.2) is 47.9 Å². The lowest BCUT2D eigenvalue weighted by atomic mass is 9.92. The van der Waals surface area contributed by atoms with Gasteiger partial charge in [0.1, 0.15) is 18.4 Å². The van der Waals surface area contributed by atoms with Crippen molar-refractivity contribution < 1.29 is 14.3 Å². The Morgan fingerprint density at radius 2 is 1.84 bits per heavy atom. The van der Waals surface area contributed by atoms with Gasteiger partial charge >= 0.3 is 6.09 Å². The molecule has 2 aromatic carbocycles. The van der Waals surface area contributed by atoms with Crippen LogP contribution in [0, 0.1) is 17.2 Å². The second-order valence-corrected chi connectivity index (χ2v) is 11.0. The van der Waals surface area contributed by atoms with Crippen LogP contribution in [0.5, 0.6) is 5.75 Å². The predicted octanol–water partition coefficient (Wildman–Crippen LogP) is 6.97. The van der Waals surface area contributed by atoms with E-state index >= 15 is 0 Å². The van der Waals surface area contributed by atoms with Crippen molar-refractivity contribution in [3.63, 3.8) is 0 Å². The number of aromatic nitrogens is 1. The lowest BCUT2D eigenvalue weighted by Gasteiger charge is -2.30. The molecule has 1 N–H and O–H groups in total. The molecule has 3 aromatic rings. The highest BCUT2D eigenvalue weighted by atomic mass is 16.6. The van der Waals surface area contributed by atoms with Gasteiger partial charge in [-0.1, -0.05) is 19.1 Å². The molecular weight excluding hydrogens is 476 g/mol. The second-order valence-electron chi connectivity index (χ2n) is 11.0. The van der Waals surface area contributed by atoms with Crippen molar-refractivity contribution in [2.24, 2.45) is 5.92 Å². The first-order valence-corrected chi connectivity index (χ1v) is 13.9. The summed E-state index contributed by atoms with van der Waals surface area (Å²) in [7, 11) is 0. The number of hydrogen-bond donors (Lipinski definition) is 1. The van der Waals surface area contributed by atoms with Crippen molar-refractivity contribution in [1.29, 1.82) is 5.26 Å². The third kappa shape index (κ3) is 5.66. The molecular formula is C31H38N4O3. The lowest BCUT2D eigenvalue weighted by molar-refractivity contribution is 0.130. The summed E-state index contributed by atoms with van der Waals surface area (Å²) in [6, 6.07) is 16.6. The second kappa shape index (κ2) is 11.5. The number of fused-ring (bicyclic) bond motifs is 1. The summed E-state index contributed by atoms with van der Waals surface area (Å²) in [5, 5.41) is 13.9. The summed E-state index contributed by atoms with van der Waals surface area (Å²) >= 11 is 0. The highest BCUT2D eigenvalue weighted by Gasteiger charge is 2.28. The summed E-state index contributed by atoms with van der Waals surface area (Å²) in [5.74, 6) is 1.67. The minimum atomic E-state index is -0.476. The van der Waals surface area contributed by atoms with E-state index in [1.54, 1.807) is 0 Å². The number of carbonyl (C=O) groups is 1. The molecule has 7 nitrogen and oxygen atoms in total. The molecule has 2 aliphatic rings. The number of nitrogens with zero attached hydrogens (tertiary/aromatic N) is 3. The van der Waals surface area contributed by atoms with E-state index in [2.05, 4.69) is 33.8 Å². The summed E-state index contributed by atoms with van der Waals surface area (Å²) < 4.78 is 13.7. The van der Waals surface area contributed by atoms with Crippen molar-refractivity contribution in [2.75, 3.05) is 31.6 Å². The molecule has 1 aliphatic heterocycles. The molecule has 200 valence electrons. The SMILES string of the molecule is CC1CCN(CCOc2ccc3c(C#N)c(-c4ccc(NC(=O)OC(C)C)cc4)n(C4CCC4)c3c2)CC1. The van der Waals surface area contributed by atoms with E-state index in [1.807, 2.05) is 50.2 Å². The molecule has 5 rings (SSSR count). The van der Waals surface area contributed by atoms with E-state index in [0.29, 0.717) is 23.9 Å². The maximum atomic E-state index is 12.0. The number of amides is 1. The van der Waals surface area contributed by atoms with E-state index < -0.39 is 6.09 Å². The van der Waals surface area contributed by atoms with Crippen LogP contribution < -0.4 is 10.1 Å². The Morgan fingerprint density at radius 3 is 2.47 bits per heavy atom. The van der Waals surface area contributed by atoms with Gasteiger partial charge in [-0.15, -0.1) is 0 Å². The van der Waals surface area contributed by atoms with Gasteiger partial charge in [-0.2, -0.15) is 5.26 Å². The molecule has 0 radical (unpaired) electrons. The van der Waals surface area contributed by atoms with Crippen LogP contribution in [-0.2, 0) is 4.74 Å². The summed E-state index contributed by atoms with van der Waals surface area (Å²) in [4.78, 5) is 14.5. The summed E-state index contributed by atoms with van der Waals surface area (Å²) in [5.41, 5.74) is 4.27. The van der Waals surface area contributed by atoms with Crippen molar-refractivity contribution in [1.82, 2.24) is 9.47 Å². The molecule has 1 amide bonds. The standard InChI is InChI=1S/C31H38N4O3/c1-21(2)38-31(36)33-24-9-7-23(8-10-24)30-28(20-32)27-12-11-26(19-29(27)35(30)25-5-4-6-25)37-18-17-34-15-13-22(3)14-16-34/h7-12,19,21-22,25H,4-6,13-18H2,1-3H3,(H,33,36). The number of nitrogens with one attached hydrogen (secondary N) is 1. The third-order valence-corrected chi connectivity index (χ3v) is 7.83. The summed E-state index contributed by atoms with van der Waals surface area (Å²) in [6.07, 6.45) is 5.25. The maximum absolute atomic E-state index is 12.0. The highest BCUT2D eigenvalue weighted by Crippen LogP contribution is 2.43. The average molecular weight is 515 g/mol. The largest absolute Gasteiger partial charge is 0.492 e. The van der Waals surface area contributed by atoms with Crippen LogP contribution >= 0.6 is 0 Å². The number of nitriles is 1. The fourth-order valence-corrected chi connectivity index (χ4v) is 5.45. The van der Waals surface area contributed by atoms with Crippen LogP contribution in [0.4, 0.5) is 10.5 Å². The lowest BCUT2D eigenvalue weighted by Crippen LogP contribution is -2.35. The zero-order valence-electron chi connectivity index (χ0n) is 22.7. The Hall–Kier alpha value is -3.50. The van der Waals surface area contributed by atoms with E-state index in [4.69, 9.17) is 9.47 Å². The summed E-state index contributed by atoms with van der Waals surface area (Å²) in [6.45, 7) is 9.86. The monoisotopic (exact) mass is 514 g/mol. The molecule has 38 heavy (non-hydrogen) atoms. The molecule has 1 saturated carbocycles. The average Bonchev–Trinajstić information content (AvgIpc) is 3.17. The molecule has 1 aromatic heterocycles. The van der Waals surface area contributed by atoms with Gasteiger partial charge in [0, 0.05) is 29.7 Å². The number of anilines is 1. The van der Waals surface area contributed by atoms with Gasteiger partial charge in [0.2, 0.25) is 0 Å². The predicted molar refractivity (Wildman–Crippen MR) is 151 cm³/mol. The number of carbonyl (C=O) groups excluding carboxylic acids is 1. The van der Waals surface area contributed by atoms with Crippen molar-refractivity contribution in [2.45, 2.75) is 65.0 Å². The normalized spacial score (nSPS) is 16.8. The Bertz CT molecular complexity index is 1310. The number of rotatable bonds is 8. The number of benzene rings is 2. The van der Waals surface area contributed by atoms with Gasteiger partial charge < -0.3 is 14.0 Å². The van der Waals surface area contributed by atoms with Gasteiger partial charge in [0.25, 0.3) is 0 Å². The maximum Gasteiger partial charge on any atom is 0.411 e. The Labute approximate surface area is 225 Å². The molecule has 1 saturated heterocycles. The van der Waals surface area contributed by atoms with Gasteiger partial charge in [0.05, 0.1) is 22.9 Å². The molecule has 7 heteroatoms. The Balaban J connectivity index is 1.40. The quantitative estimate of drug-likeness (QED) is 0.351. The van der Waals surface area contributed by atoms with Crippen molar-refractivity contribution in [3.8, 4) is 23.1 Å². The zero-order valence-corrected chi connectivity index (χ0v) is 22.7. The smallest absolute Gasteiger partial charge is 0.411 e. The molecule has 2 fully saturated rings. The van der Waals surface area contributed by atoms with Gasteiger partial charge in [0.15, 0.2) is 0 Å². The molecule has 0 bridgehead atoms. The zero-order chi connectivity index (χ0) is 26.6. The van der Waals surface area contributed by atoms with Crippen LogP contribution in [0.15, 0.2) is 42.5 Å². The topological polar surface area (TPSA) is 79.5 Å². The highest BCUT2D eigenvalue weighted by molar-refractivity contribution is 5.96. The molecule has 1 aliphatic carbocycles. The first kappa shape index (κ1) is 26.1.